The summed E-state index contributed by atoms with van der Waals surface area (Å²) in [6.07, 6.45) is 2.58. The van der Waals surface area contributed by atoms with Gasteiger partial charge in [-0.15, -0.1) is 24.8 Å². The first-order valence-electron chi connectivity index (χ1n) is 6.18. The summed E-state index contributed by atoms with van der Waals surface area (Å²) < 4.78 is 0. The molecular formula is C12H27Cl2N3O. The molecule has 0 aliphatic heterocycles. The van der Waals surface area contributed by atoms with Gasteiger partial charge >= 0.3 is 0 Å². The number of hydrogen-bond acceptors (Lipinski definition) is 3. The smallest absolute Gasteiger partial charge is 0.237 e. The molecule has 0 spiro atoms. The van der Waals surface area contributed by atoms with Crippen LogP contribution in [0.3, 0.4) is 0 Å². The fraction of sp³-hybridized carbons (Fsp3) is 0.917. The van der Waals surface area contributed by atoms with Gasteiger partial charge in [-0.1, -0.05) is 13.8 Å². The zero-order valence-electron chi connectivity index (χ0n) is 11.7. The van der Waals surface area contributed by atoms with E-state index in [2.05, 4.69) is 24.2 Å². The van der Waals surface area contributed by atoms with E-state index in [9.17, 15) is 4.79 Å². The van der Waals surface area contributed by atoms with Crippen LogP contribution in [0.1, 0.15) is 33.6 Å². The molecular weight excluding hydrogens is 273 g/mol. The average Bonchev–Trinajstić information content (AvgIpc) is 3.06. The van der Waals surface area contributed by atoms with E-state index in [0.717, 1.165) is 6.04 Å². The third-order valence-electron chi connectivity index (χ3n) is 3.41. The highest BCUT2D eigenvalue weighted by Crippen LogP contribution is 2.26. The Labute approximate surface area is 123 Å². The highest BCUT2D eigenvalue weighted by atomic mass is 35.5. The molecule has 6 heteroatoms. The van der Waals surface area contributed by atoms with E-state index >= 15 is 0 Å². The van der Waals surface area contributed by atoms with E-state index in [4.69, 9.17) is 5.73 Å². The van der Waals surface area contributed by atoms with E-state index in [1.807, 2.05) is 13.8 Å². The first-order valence-corrected chi connectivity index (χ1v) is 6.18. The number of nitrogens with two attached hydrogens (primary N) is 1. The highest BCUT2D eigenvalue weighted by Gasteiger charge is 2.29. The molecule has 0 bridgehead atoms. The van der Waals surface area contributed by atoms with Crippen LogP contribution in [0.15, 0.2) is 0 Å². The molecule has 4 nitrogen and oxygen atoms in total. The molecule has 1 aliphatic rings. The van der Waals surface area contributed by atoms with Crippen LogP contribution >= 0.6 is 24.8 Å². The van der Waals surface area contributed by atoms with Gasteiger partial charge in [-0.05, 0) is 32.7 Å². The largest absolute Gasteiger partial charge is 0.353 e. The number of carbonyl (C=O) groups is 1. The van der Waals surface area contributed by atoms with Gasteiger partial charge in [0, 0.05) is 18.6 Å². The van der Waals surface area contributed by atoms with Crippen molar-refractivity contribution in [2.24, 2.45) is 11.7 Å². The van der Waals surface area contributed by atoms with Crippen LogP contribution in [0.2, 0.25) is 0 Å². The van der Waals surface area contributed by atoms with Crippen molar-refractivity contribution in [1.82, 2.24) is 10.2 Å². The summed E-state index contributed by atoms with van der Waals surface area (Å²) >= 11 is 0. The van der Waals surface area contributed by atoms with Gasteiger partial charge in [-0.3, -0.25) is 9.69 Å². The van der Waals surface area contributed by atoms with E-state index < -0.39 is 6.04 Å². The fourth-order valence-corrected chi connectivity index (χ4v) is 1.65. The Bertz CT molecular complexity index is 247. The van der Waals surface area contributed by atoms with Crippen molar-refractivity contribution >= 4 is 30.7 Å². The zero-order valence-corrected chi connectivity index (χ0v) is 13.3. The number of halogens is 2. The van der Waals surface area contributed by atoms with Crippen molar-refractivity contribution in [3.05, 3.63) is 0 Å². The van der Waals surface area contributed by atoms with Crippen molar-refractivity contribution in [3.8, 4) is 0 Å². The Morgan fingerprint density at radius 2 is 1.83 bits per heavy atom. The maximum Gasteiger partial charge on any atom is 0.237 e. The van der Waals surface area contributed by atoms with E-state index in [1.54, 1.807) is 0 Å². The minimum absolute atomic E-state index is 0. The Kier molecular flexibility index (Phi) is 10.1. The number of likely N-dealkylation sites (N-methyl/N-ethyl adjacent to an activating group) is 1. The number of amides is 1. The van der Waals surface area contributed by atoms with Crippen LogP contribution in [0.5, 0.6) is 0 Å². The molecule has 18 heavy (non-hydrogen) atoms. The monoisotopic (exact) mass is 299 g/mol. The van der Waals surface area contributed by atoms with Crippen molar-refractivity contribution in [3.63, 3.8) is 0 Å². The molecule has 0 saturated heterocycles. The molecule has 0 heterocycles. The predicted molar refractivity (Wildman–Crippen MR) is 80.6 cm³/mol. The van der Waals surface area contributed by atoms with Gasteiger partial charge in [0.05, 0.1) is 6.04 Å². The second kappa shape index (κ2) is 8.97. The molecule has 0 aromatic carbocycles. The lowest BCUT2D eigenvalue weighted by atomic mass is 10.1. The maximum absolute atomic E-state index is 11.6. The number of carbonyl (C=O) groups excluding carboxylic acids is 1. The predicted octanol–water partition coefficient (Wildman–Crippen LogP) is 1.41. The summed E-state index contributed by atoms with van der Waals surface area (Å²) in [7, 11) is 2.12. The molecule has 1 rings (SSSR count). The summed E-state index contributed by atoms with van der Waals surface area (Å²) in [6, 6.07) is 0.722. The SMILES string of the molecule is CC(C)[C@@H](N)C(=O)NCC(C)N(C)C1CC1.Cl.Cl. The molecule has 3 N–H and O–H groups in total. The van der Waals surface area contributed by atoms with Crippen molar-refractivity contribution in [2.45, 2.75) is 51.7 Å². The second-order valence-electron chi connectivity index (χ2n) is 5.26. The lowest BCUT2D eigenvalue weighted by molar-refractivity contribution is -0.123. The summed E-state index contributed by atoms with van der Waals surface area (Å²) in [4.78, 5) is 14.0. The first-order chi connectivity index (χ1) is 7.43. The normalized spacial score (nSPS) is 17.7. The van der Waals surface area contributed by atoms with Gasteiger partial charge in [0.15, 0.2) is 0 Å². The lowest BCUT2D eigenvalue weighted by Crippen LogP contribution is -2.48. The molecule has 110 valence electrons. The van der Waals surface area contributed by atoms with Gasteiger partial charge in [0.2, 0.25) is 5.91 Å². The Balaban J connectivity index is 0. The van der Waals surface area contributed by atoms with Crippen molar-refractivity contribution in [1.29, 1.82) is 0 Å². The molecule has 0 radical (unpaired) electrons. The van der Waals surface area contributed by atoms with Crippen molar-refractivity contribution in [2.75, 3.05) is 13.6 Å². The molecule has 0 aromatic heterocycles. The van der Waals surface area contributed by atoms with Gasteiger partial charge < -0.3 is 11.1 Å². The van der Waals surface area contributed by atoms with Crippen molar-refractivity contribution < 1.29 is 4.79 Å². The van der Waals surface area contributed by atoms with Crippen LogP contribution in [0.4, 0.5) is 0 Å². The Morgan fingerprint density at radius 3 is 2.22 bits per heavy atom. The Hall–Kier alpha value is -0.0300. The van der Waals surface area contributed by atoms with Crippen LogP contribution < -0.4 is 11.1 Å². The molecule has 1 amide bonds. The molecule has 1 aliphatic carbocycles. The molecule has 1 saturated carbocycles. The summed E-state index contributed by atoms with van der Waals surface area (Å²) in [5.41, 5.74) is 5.77. The average molecular weight is 300 g/mol. The highest BCUT2D eigenvalue weighted by molar-refractivity contribution is 5.85. The fourth-order valence-electron chi connectivity index (χ4n) is 1.65. The quantitative estimate of drug-likeness (QED) is 0.780. The lowest BCUT2D eigenvalue weighted by Gasteiger charge is -2.25. The summed E-state index contributed by atoms with van der Waals surface area (Å²) in [5, 5.41) is 2.92. The van der Waals surface area contributed by atoms with Crippen LogP contribution in [-0.2, 0) is 4.79 Å². The number of rotatable bonds is 6. The standard InChI is InChI=1S/C12H25N3O.2ClH/c1-8(2)11(13)12(16)14-7-9(3)15(4)10-5-6-10;;/h8-11H,5-7,13H2,1-4H3,(H,14,16);2*1H/t9?,11-;;/m1../s1. The number of nitrogens with zero attached hydrogens (tertiary/aromatic N) is 1. The van der Waals surface area contributed by atoms with Gasteiger partial charge in [-0.25, -0.2) is 0 Å². The molecule has 0 aromatic rings. The van der Waals surface area contributed by atoms with Gasteiger partial charge in [0.25, 0.3) is 0 Å². The first kappa shape index (κ1) is 20.3. The minimum atomic E-state index is -0.390. The van der Waals surface area contributed by atoms with E-state index in [0.29, 0.717) is 12.6 Å². The molecule has 1 fully saturated rings. The zero-order chi connectivity index (χ0) is 12.3. The summed E-state index contributed by atoms with van der Waals surface area (Å²) in [6.45, 7) is 6.75. The second-order valence-corrected chi connectivity index (χ2v) is 5.26. The topological polar surface area (TPSA) is 58.4 Å². The van der Waals surface area contributed by atoms with Gasteiger partial charge in [-0.2, -0.15) is 0 Å². The molecule has 2 atom stereocenters. The third kappa shape index (κ3) is 6.23. The minimum Gasteiger partial charge on any atom is -0.353 e. The maximum atomic E-state index is 11.6. The number of nitrogens with one attached hydrogen (secondary N) is 1. The third-order valence-corrected chi connectivity index (χ3v) is 3.41. The Morgan fingerprint density at radius 1 is 1.33 bits per heavy atom. The molecule has 1 unspecified atom stereocenters. The van der Waals surface area contributed by atoms with Crippen LogP contribution in [0.25, 0.3) is 0 Å². The summed E-state index contributed by atoms with van der Waals surface area (Å²) in [5.74, 6) is 0.155. The van der Waals surface area contributed by atoms with E-state index in [-0.39, 0.29) is 36.6 Å². The van der Waals surface area contributed by atoms with Crippen LogP contribution in [0, 0.1) is 5.92 Å². The van der Waals surface area contributed by atoms with E-state index in [1.165, 1.54) is 12.8 Å². The van der Waals surface area contributed by atoms with Gasteiger partial charge in [0.1, 0.15) is 0 Å². The number of hydrogen-bond donors (Lipinski definition) is 2. The van der Waals surface area contributed by atoms with Crippen LogP contribution in [-0.4, -0.2) is 42.5 Å².